The second-order valence-electron chi connectivity index (χ2n) is 22.0. The zero-order valence-corrected chi connectivity index (χ0v) is 48.7. The highest BCUT2D eigenvalue weighted by Gasteiger charge is 2.19. The molecule has 72 heavy (non-hydrogen) atoms. The van der Waals surface area contributed by atoms with Crippen molar-refractivity contribution in [1.82, 2.24) is 0 Å². The van der Waals surface area contributed by atoms with Crippen LogP contribution in [-0.2, 0) is 28.6 Å². The number of allylic oxidation sites excluding steroid dienone is 4. The molecule has 6 heteroatoms. The van der Waals surface area contributed by atoms with E-state index in [2.05, 4.69) is 45.1 Å². The molecule has 1 unspecified atom stereocenters. The monoisotopic (exact) mass is 1010 g/mol. The van der Waals surface area contributed by atoms with Gasteiger partial charge in [0.2, 0.25) is 0 Å². The standard InChI is InChI=1S/C66H124O6/c1-4-7-10-13-16-19-22-25-28-31-33-36-38-41-44-47-50-53-56-59-65(68)71-62-63(61-70-64(67)58-55-52-49-46-43-40-37-34-30-27-24-21-18-15-12-9-6-3)72-66(69)60-57-54-51-48-45-42-39-35-32-29-26-23-20-17-14-11-8-5-2/h18,21,27,30,63H,4-17,19-20,22-26,28-29,31-62H2,1-3H3/b21-18-,30-27-. The second-order valence-corrected chi connectivity index (χ2v) is 22.0. The van der Waals surface area contributed by atoms with Gasteiger partial charge in [0, 0.05) is 19.3 Å². The molecule has 0 fully saturated rings. The van der Waals surface area contributed by atoms with Gasteiger partial charge >= 0.3 is 17.9 Å². The Morgan fingerprint density at radius 2 is 0.500 bits per heavy atom. The van der Waals surface area contributed by atoms with E-state index < -0.39 is 6.10 Å². The Labute approximate surface area is 449 Å². The predicted octanol–water partition coefficient (Wildman–Crippen LogP) is 21.8. The largest absolute Gasteiger partial charge is 0.462 e. The Kier molecular flexibility index (Phi) is 59.6. The molecule has 0 aliphatic carbocycles. The highest BCUT2D eigenvalue weighted by Crippen LogP contribution is 2.18. The van der Waals surface area contributed by atoms with Crippen LogP contribution in [0.2, 0.25) is 0 Å². The van der Waals surface area contributed by atoms with Crippen molar-refractivity contribution in [3.05, 3.63) is 24.3 Å². The highest BCUT2D eigenvalue weighted by atomic mass is 16.6. The highest BCUT2D eigenvalue weighted by molar-refractivity contribution is 5.71. The Hall–Kier alpha value is -2.11. The van der Waals surface area contributed by atoms with Crippen LogP contribution in [0.1, 0.15) is 361 Å². The minimum absolute atomic E-state index is 0.0674. The molecular formula is C66H124O6. The lowest BCUT2D eigenvalue weighted by Crippen LogP contribution is -2.30. The van der Waals surface area contributed by atoms with E-state index in [-0.39, 0.29) is 31.1 Å². The Bertz CT molecular complexity index is 1160. The summed E-state index contributed by atoms with van der Waals surface area (Å²) in [5.74, 6) is -0.846. The van der Waals surface area contributed by atoms with E-state index in [0.29, 0.717) is 19.3 Å². The zero-order valence-electron chi connectivity index (χ0n) is 48.7. The maximum atomic E-state index is 12.9. The van der Waals surface area contributed by atoms with Gasteiger partial charge < -0.3 is 14.2 Å². The molecule has 0 radical (unpaired) electrons. The van der Waals surface area contributed by atoms with Gasteiger partial charge in [0.15, 0.2) is 6.10 Å². The van der Waals surface area contributed by atoms with Gasteiger partial charge in [-0.3, -0.25) is 14.4 Å². The summed E-state index contributed by atoms with van der Waals surface area (Å²) in [6.45, 7) is 6.68. The normalized spacial score (nSPS) is 12.1. The van der Waals surface area contributed by atoms with E-state index in [9.17, 15) is 14.4 Å². The summed E-state index contributed by atoms with van der Waals surface area (Å²) in [4.78, 5) is 38.3. The Morgan fingerprint density at radius 3 is 0.792 bits per heavy atom. The molecule has 1 atom stereocenters. The molecule has 0 bridgehead atoms. The molecule has 0 heterocycles. The van der Waals surface area contributed by atoms with Crippen molar-refractivity contribution in [2.45, 2.75) is 367 Å². The topological polar surface area (TPSA) is 78.9 Å². The van der Waals surface area contributed by atoms with Crippen molar-refractivity contribution in [1.29, 1.82) is 0 Å². The van der Waals surface area contributed by atoms with Crippen LogP contribution in [0.15, 0.2) is 24.3 Å². The van der Waals surface area contributed by atoms with E-state index in [0.717, 1.165) is 70.6 Å². The lowest BCUT2D eigenvalue weighted by Gasteiger charge is -2.18. The first-order valence-corrected chi connectivity index (χ1v) is 32.3. The maximum Gasteiger partial charge on any atom is 0.306 e. The molecule has 0 aliphatic heterocycles. The lowest BCUT2D eigenvalue weighted by molar-refractivity contribution is -0.167. The predicted molar refractivity (Wildman–Crippen MR) is 312 cm³/mol. The van der Waals surface area contributed by atoms with Crippen molar-refractivity contribution in [2.75, 3.05) is 13.2 Å². The number of rotatable bonds is 60. The SMILES string of the molecule is CCCCC/C=C\C/C=C\CCCCCCCCCC(=O)OCC(COC(=O)CCCCCCCCCCCCCCCCCCCCC)OC(=O)CCCCCCCCCCCCCCCCCCCC. The summed E-state index contributed by atoms with van der Waals surface area (Å²) in [6.07, 6.45) is 73.2. The van der Waals surface area contributed by atoms with Crippen LogP contribution in [0.5, 0.6) is 0 Å². The van der Waals surface area contributed by atoms with Gasteiger partial charge in [-0.05, 0) is 51.4 Å². The minimum Gasteiger partial charge on any atom is -0.462 e. The summed E-state index contributed by atoms with van der Waals surface area (Å²) in [6, 6.07) is 0. The third kappa shape index (κ3) is 58.8. The summed E-state index contributed by atoms with van der Waals surface area (Å²) < 4.78 is 17.0. The third-order valence-electron chi connectivity index (χ3n) is 14.7. The van der Waals surface area contributed by atoms with Crippen LogP contribution < -0.4 is 0 Å². The lowest BCUT2D eigenvalue weighted by atomic mass is 10.0. The van der Waals surface area contributed by atoms with Gasteiger partial charge in [-0.25, -0.2) is 0 Å². The molecule has 6 nitrogen and oxygen atoms in total. The van der Waals surface area contributed by atoms with E-state index in [1.807, 2.05) is 0 Å². The van der Waals surface area contributed by atoms with E-state index in [1.165, 1.54) is 250 Å². The minimum atomic E-state index is -0.770. The average Bonchev–Trinajstić information content (AvgIpc) is 3.38. The first-order chi connectivity index (χ1) is 35.5. The molecule has 0 N–H and O–H groups in total. The first-order valence-electron chi connectivity index (χ1n) is 32.3. The average molecular weight is 1010 g/mol. The number of esters is 3. The van der Waals surface area contributed by atoms with Crippen LogP contribution in [0, 0.1) is 0 Å². The van der Waals surface area contributed by atoms with Gasteiger partial charge in [-0.1, -0.05) is 315 Å². The van der Waals surface area contributed by atoms with Crippen LogP contribution in [0.3, 0.4) is 0 Å². The molecule has 0 aromatic heterocycles. The first kappa shape index (κ1) is 69.9. The van der Waals surface area contributed by atoms with Crippen molar-refractivity contribution < 1.29 is 28.6 Å². The fourth-order valence-corrected chi connectivity index (χ4v) is 9.83. The van der Waals surface area contributed by atoms with Gasteiger partial charge in [-0.15, -0.1) is 0 Å². The fraction of sp³-hybridized carbons (Fsp3) is 0.894. The molecule has 0 aromatic rings. The quantitative estimate of drug-likeness (QED) is 0.0261. The molecular weight excluding hydrogens is 889 g/mol. The summed E-state index contributed by atoms with van der Waals surface area (Å²) in [7, 11) is 0. The molecule has 0 saturated heterocycles. The number of unbranched alkanes of at least 4 members (excludes halogenated alkanes) is 45. The Balaban J connectivity index is 4.32. The van der Waals surface area contributed by atoms with Crippen molar-refractivity contribution in [3.8, 4) is 0 Å². The van der Waals surface area contributed by atoms with Crippen LogP contribution >= 0.6 is 0 Å². The summed E-state index contributed by atoms with van der Waals surface area (Å²) >= 11 is 0. The number of hydrogen-bond donors (Lipinski definition) is 0. The number of carbonyl (C=O) groups is 3. The number of carbonyl (C=O) groups excluding carboxylic acids is 3. The Morgan fingerprint density at radius 1 is 0.278 bits per heavy atom. The molecule has 0 aliphatic rings. The third-order valence-corrected chi connectivity index (χ3v) is 14.7. The van der Waals surface area contributed by atoms with Crippen molar-refractivity contribution in [3.63, 3.8) is 0 Å². The molecule has 0 saturated carbocycles. The van der Waals surface area contributed by atoms with E-state index >= 15 is 0 Å². The van der Waals surface area contributed by atoms with Crippen molar-refractivity contribution >= 4 is 17.9 Å². The number of ether oxygens (including phenoxy) is 3. The van der Waals surface area contributed by atoms with E-state index in [4.69, 9.17) is 14.2 Å². The van der Waals surface area contributed by atoms with Gasteiger partial charge in [0.25, 0.3) is 0 Å². The maximum absolute atomic E-state index is 12.9. The van der Waals surface area contributed by atoms with Crippen LogP contribution in [0.25, 0.3) is 0 Å². The molecule has 424 valence electrons. The summed E-state index contributed by atoms with van der Waals surface area (Å²) in [5.41, 5.74) is 0. The molecule has 0 amide bonds. The van der Waals surface area contributed by atoms with Crippen LogP contribution in [-0.4, -0.2) is 37.2 Å². The number of hydrogen-bond acceptors (Lipinski definition) is 6. The summed E-state index contributed by atoms with van der Waals surface area (Å²) in [5, 5.41) is 0. The molecule has 0 spiro atoms. The van der Waals surface area contributed by atoms with Gasteiger partial charge in [-0.2, -0.15) is 0 Å². The second kappa shape index (κ2) is 61.4. The fourth-order valence-electron chi connectivity index (χ4n) is 9.83. The smallest absolute Gasteiger partial charge is 0.306 e. The van der Waals surface area contributed by atoms with Gasteiger partial charge in [0.05, 0.1) is 0 Å². The van der Waals surface area contributed by atoms with Crippen molar-refractivity contribution in [2.24, 2.45) is 0 Å². The van der Waals surface area contributed by atoms with Crippen LogP contribution in [0.4, 0.5) is 0 Å². The molecule has 0 aromatic carbocycles. The molecule has 0 rings (SSSR count). The van der Waals surface area contributed by atoms with Gasteiger partial charge in [0.1, 0.15) is 13.2 Å². The van der Waals surface area contributed by atoms with E-state index in [1.54, 1.807) is 0 Å². The zero-order chi connectivity index (χ0) is 52.2.